The van der Waals surface area contributed by atoms with E-state index < -0.39 is 0 Å². The minimum absolute atomic E-state index is 0.395. The van der Waals surface area contributed by atoms with Crippen LogP contribution in [0.15, 0.2) is 71.9 Å². The first-order valence-corrected chi connectivity index (χ1v) is 8.53. The Morgan fingerprint density at radius 1 is 0.917 bits per heavy atom. The van der Waals surface area contributed by atoms with Crippen LogP contribution in [0.2, 0.25) is 0 Å². The first-order valence-electron chi connectivity index (χ1n) is 7.55. The summed E-state index contributed by atoms with van der Waals surface area (Å²) >= 11 is 1.59. The van der Waals surface area contributed by atoms with Gasteiger partial charge in [-0.1, -0.05) is 72.4 Å². The van der Waals surface area contributed by atoms with Gasteiger partial charge in [-0.2, -0.15) is 0 Å². The van der Waals surface area contributed by atoms with Gasteiger partial charge in [0.2, 0.25) is 5.95 Å². The van der Waals surface area contributed by atoms with Gasteiger partial charge in [0.1, 0.15) is 0 Å². The van der Waals surface area contributed by atoms with Gasteiger partial charge in [0, 0.05) is 17.4 Å². The molecule has 2 heterocycles. The molecule has 118 valence electrons. The lowest BCUT2D eigenvalue weighted by Crippen LogP contribution is -2.03. The molecule has 0 radical (unpaired) electrons. The fraction of sp³-hybridized carbons (Fsp3) is 0.0556. The molecule has 0 spiro atoms. The third-order valence-corrected chi connectivity index (χ3v) is 4.67. The van der Waals surface area contributed by atoms with Crippen molar-refractivity contribution in [2.45, 2.75) is 10.9 Å². The molecule has 0 atom stereocenters. The molecule has 0 bridgehead atoms. The molecule has 6 heteroatoms. The number of benzene rings is 2. The van der Waals surface area contributed by atoms with Gasteiger partial charge in [0.15, 0.2) is 10.8 Å². The van der Waals surface area contributed by atoms with Crippen LogP contribution in [0, 0.1) is 0 Å². The van der Waals surface area contributed by atoms with Gasteiger partial charge in [0.25, 0.3) is 0 Å². The van der Waals surface area contributed by atoms with E-state index in [0.717, 1.165) is 22.2 Å². The maximum absolute atomic E-state index is 6.17. The van der Waals surface area contributed by atoms with Crippen LogP contribution in [0.25, 0.3) is 16.9 Å². The topological polar surface area (TPSA) is 69.1 Å². The Morgan fingerprint density at radius 3 is 2.38 bits per heavy atom. The number of thioether (sulfide) groups is 1. The fourth-order valence-corrected chi connectivity index (χ4v) is 3.39. The lowest BCUT2D eigenvalue weighted by atomic mass is 10.1. The van der Waals surface area contributed by atoms with E-state index in [-0.39, 0.29) is 0 Å². The molecular formula is C18H15N5S. The number of hydrogen-bond acceptors (Lipinski definition) is 5. The van der Waals surface area contributed by atoms with Gasteiger partial charge in [-0.25, -0.2) is 9.38 Å². The van der Waals surface area contributed by atoms with Crippen molar-refractivity contribution in [2.24, 2.45) is 0 Å². The lowest BCUT2D eigenvalue weighted by Gasteiger charge is -2.06. The molecule has 0 saturated heterocycles. The highest BCUT2D eigenvalue weighted by molar-refractivity contribution is 7.98. The van der Waals surface area contributed by atoms with Crippen LogP contribution >= 0.6 is 11.8 Å². The summed E-state index contributed by atoms with van der Waals surface area (Å²) in [7, 11) is 0. The molecule has 0 saturated carbocycles. The molecule has 0 aliphatic carbocycles. The molecule has 24 heavy (non-hydrogen) atoms. The van der Waals surface area contributed by atoms with Crippen molar-refractivity contribution in [2.75, 3.05) is 5.73 Å². The summed E-state index contributed by atoms with van der Waals surface area (Å²) in [5.41, 5.74) is 9.91. The summed E-state index contributed by atoms with van der Waals surface area (Å²) in [6.45, 7) is 0. The largest absolute Gasteiger partial charge is 0.369 e. The molecule has 4 rings (SSSR count). The van der Waals surface area contributed by atoms with Crippen molar-refractivity contribution in [3.05, 3.63) is 72.3 Å². The summed E-state index contributed by atoms with van der Waals surface area (Å²) in [4.78, 5) is 4.51. The van der Waals surface area contributed by atoms with E-state index in [4.69, 9.17) is 5.73 Å². The van der Waals surface area contributed by atoms with Crippen LogP contribution in [-0.2, 0) is 5.75 Å². The quantitative estimate of drug-likeness (QED) is 0.577. The van der Waals surface area contributed by atoms with Crippen LogP contribution in [0.4, 0.5) is 5.95 Å². The van der Waals surface area contributed by atoms with E-state index in [1.807, 2.05) is 54.6 Å². The molecular weight excluding hydrogens is 318 g/mol. The van der Waals surface area contributed by atoms with Crippen LogP contribution < -0.4 is 5.73 Å². The second kappa shape index (κ2) is 6.33. The van der Waals surface area contributed by atoms with Gasteiger partial charge in [-0.15, -0.1) is 10.2 Å². The number of hydrogen-bond donors (Lipinski definition) is 1. The van der Waals surface area contributed by atoms with E-state index in [1.54, 1.807) is 16.2 Å². The number of nitrogen functional groups attached to an aromatic ring is 1. The molecule has 0 unspecified atom stereocenters. The van der Waals surface area contributed by atoms with Crippen LogP contribution in [0.3, 0.4) is 0 Å². The predicted molar refractivity (Wildman–Crippen MR) is 96.6 cm³/mol. The zero-order valence-electron chi connectivity index (χ0n) is 12.8. The number of anilines is 1. The second-order valence-electron chi connectivity index (χ2n) is 5.32. The van der Waals surface area contributed by atoms with Crippen LogP contribution in [-0.4, -0.2) is 19.6 Å². The molecule has 0 fully saturated rings. The number of aromatic nitrogens is 4. The number of nitrogens with zero attached hydrogens (tertiary/aromatic N) is 4. The van der Waals surface area contributed by atoms with Gasteiger partial charge in [-0.05, 0) is 5.56 Å². The van der Waals surface area contributed by atoms with E-state index in [1.165, 1.54) is 5.56 Å². The summed E-state index contributed by atoms with van der Waals surface area (Å²) in [5, 5.41) is 9.26. The van der Waals surface area contributed by atoms with Gasteiger partial charge >= 0.3 is 0 Å². The van der Waals surface area contributed by atoms with Gasteiger partial charge in [-0.3, -0.25) is 0 Å². The smallest absolute Gasteiger partial charge is 0.208 e. The summed E-state index contributed by atoms with van der Waals surface area (Å²) < 4.78 is 1.79. The fourth-order valence-electron chi connectivity index (χ4n) is 2.49. The maximum atomic E-state index is 6.17. The van der Waals surface area contributed by atoms with Crippen molar-refractivity contribution in [3.8, 4) is 11.3 Å². The van der Waals surface area contributed by atoms with E-state index >= 15 is 0 Å². The molecule has 0 amide bonds. The highest BCUT2D eigenvalue weighted by atomic mass is 32.2. The summed E-state index contributed by atoms with van der Waals surface area (Å²) in [6.07, 6.45) is 0. The first kappa shape index (κ1) is 14.7. The standard InChI is InChI=1S/C18H15N5S/c19-17-20-15(14-9-5-2-6-10-14)11-16-21-22-18(23(16)17)24-12-13-7-3-1-4-8-13/h1-11H,12H2,(H2,19,20). The monoisotopic (exact) mass is 333 g/mol. The van der Waals surface area contributed by atoms with Gasteiger partial charge in [0.05, 0.1) is 5.69 Å². The number of fused-ring (bicyclic) bond motifs is 1. The van der Waals surface area contributed by atoms with Crippen molar-refractivity contribution < 1.29 is 0 Å². The molecule has 2 aromatic carbocycles. The van der Waals surface area contributed by atoms with E-state index in [0.29, 0.717) is 11.6 Å². The summed E-state index contributed by atoms with van der Waals surface area (Å²) in [5.74, 6) is 1.20. The SMILES string of the molecule is Nc1nc(-c2ccccc2)cc2nnc(SCc3ccccc3)n12. The van der Waals surface area contributed by atoms with Crippen LogP contribution in [0.5, 0.6) is 0 Å². The normalized spacial score (nSPS) is 11.0. The average molecular weight is 333 g/mol. The zero-order chi connectivity index (χ0) is 16.4. The predicted octanol–water partition coefficient (Wildman–Crippen LogP) is 3.67. The second-order valence-corrected chi connectivity index (χ2v) is 6.26. The van der Waals surface area contributed by atoms with Crippen LogP contribution in [0.1, 0.15) is 5.56 Å². The molecule has 4 aromatic rings. The Bertz CT molecular complexity index is 967. The Hall–Kier alpha value is -2.86. The maximum Gasteiger partial charge on any atom is 0.208 e. The van der Waals surface area contributed by atoms with Crippen molar-refractivity contribution in [1.82, 2.24) is 19.6 Å². The molecule has 2 aromatic heterocycles. The molecule has 0 aliphatic heterocycles. The average Bonchev–Trinajstić information content (AvgIpc) is 3.05. The Morgan fingerprint density at radius 2 is 1.62 bits per heavy atom. The molecule has 0 aliphatic rings. The Kier molecular flexibility index (Phi) is 3.88. The minimum atomic E-state index is 0.395. The molecule has 5 nitrogen and oxygen atoms in total. The number of nitrogens with two attached hydrogens (primary N) is 1. The van der Waals surface area contributed by atoms with Gasteiger partial charge < -0.3 is 5.73 Å². The highest BCUT2D eigenvalue weighted by Gasteiger charge is 2.12. The third-order valence-electron chi connectivity index (χ3n) is 3.67. The number of rotatable bonds is 4. The lowest BCUT2D eigenvalue weighted by molar-refractivity contribution is 0.913. The van der Waals surface area contributed by atoms with Crippen molar-refractivity contribution >= 4 is 23.4 Å². The minimum Gasteiger partial charge on any atom is -0.369 e. The van der Waals surface area contributed by atoms with E-state index in [9.17, 15) is 0 Å². The molecule has 2 N–H and O–H groups in total. The van der Waals surface area contributed by atoms with Crippen molar-refractivity contribution in [3.63, 3.8) is 0 Å². The Labute approximate surface area is 143 Å². The first-order chi connectivity index (χ1) is 11.8. The summed E-state index contributed by atoms with van der Waals surface area (Å²) in [6, 6.07) is 22.1. The highest BCUT2D eigenvalue weighted by Crippen LogP contribution is 2.26. The van der Waals surface area contributed by atoms with E-state index in [2.05, 4.69) is 27.3 Å². The third kappa shape index (κ3) is 2.83. The van der Waals surface area contributed by atoms with Crippen molar-refractivity contribution in [1.29, 1.82) is 0 Å². The zero-order valence-corrected chi connectivity index (χ0v) is 13.6. The Balaban J connectivity index is 1.67.